The number of carbonyl (C=O) groups excluding carboxylic acids is 1. The van der Waals surface area contributed by atoms with Crippen LogP contribution in [0.25, 0.3) is 11.3 Å². The van der Waals surface area contributed by atoms with Gasteiger partial charge in [-0.1, -0.05) is 6.92 Å². The third-order valence-electron chi connectivity index (χ3n) is 5.65. The van der Waals surface area contributed by atoms with Gasteiger partial charge >= 0.3 is 0 Å². The first kappa shape index (κ1) is 23.7. The number of amides is 1. The van der Waals surface area contributed by atoms with Gasteiger partial charge in [0.15, 0.2) is 0 Å². The lowest BCUT2D eigenvalue weighted by molar-refractivity contribution is -0.121. The summed E-state index contributed by atoms with van der Waals surface area (Å²) in [6.45, 7) is 6.11. The fraction of sp³-hybridized carbons (Fsp3) is 0.391. The van der Waals surface area contributed by atoms with Gasteiger partial charge in [0.2, 0.25) is 17.7 Å². The predicted molar refractivity (Wildman–Crippen MR) is 130 cm³/mol. The van der Waals surface area contributed by atoms with Gasteiger partial charge in [0, 0.05) is 18.0 Å². The lowest BCUT2D eigenvalue weighted by atomic mass is 9.82. The number of anilines is 2. The van der Waals surface area contributed by atoms with Crippen molar-refractivity contribution in [3.63, 3.8) is 0 Å². The molecule has 0 radical (unpaired) electrons. The highest BCUT2D eigenvalue weighted by Crippen LogP contribution is 2.30. The molecule has 1 fully saturated rings. The van der Waals surface area contributed by atoms with Crippen molar-refractivity contribution in [1.82, 2.24) is 24.9 Å². The van der Waals surface area contributed by atoms with E-state index >= 15 is 0 Å². The molecule has 0 spiro atoms. The smallest absolute Gasteiger partial charge is 0.237 e. The van der Waals surface area contributed by atoms with Crippen molar-refractivity contribution in [2.75, 3.05) is 16.6 Å². The second-order valence-electron chi connectivity index (χ2n) is 8.11. The molecule has 11 heteroatoms. The SMILES string of the molecule is CCOc1cncc(-c2ccc(NC(=O)C(C)(CC)c3ccnc(NS(=O)C4CC4)n3)nc2)n1. The molecule has 2 atom stereocenters. The molecule has 0 saturated heterocycles. The van der Waals surface area contributed by atoms with Crippen LogP contribution in [0.2, 0.25) is 0 Å². The zero-order valence-electron chi connectivity index (χ0n) is 19.3. The summed E-state index contributed by atoms with van der Waals surface area (Å²) in [7, 11) is -1.21. The van der Waals surface area contributed by atoms with E-state index in [0.717, 1.165) is 18.4 Å². The molecule has 178 valence electrons. The standard InChI is InChI=1S/C23H27N7O3S/c1-4-23(3,18-10-11-25-22(28-18)30-34(32)16-7-8-16)21(31)29-19-9-6-15(12-26-19)17-13-24-14-20(27-17)33-5-2/h6,9-14,16H,4-5,7-8H2,1-3H3,(H,25,28,30)(H,26,29,31). The average molecular weight is 482 g/mol. The van der Waals surface area contributed by atoms with E-state index < -0.39 is 16.4 Å². The van der Waals surface area contributed by atoms with Gasteiger partial charge in [-0.25, -0.2) is 24.1 Å². The van der Waals surface area contributed by atoms with Crippen LogP contribution in [0.4, 0.5) is 11.8 Å². The molecule has 3 aromatic heterocycles. The molecule has 1 amide bonds. The summed E-state index contributed by atoms with van der Waals surface area (Å²) >= 11 is 0. The molecule has 3 aromatic rings. The molecule has 1 aliphatic carbocycles. The topological polar surface area (TPSA) is 132 Å². The Labute approximate surface area is 200 Å². The molecule has 1 aliphatic rings. The molecule has 0 bridgehead atoms. The summed E-state index contributed by atoms with van der Waals surface area (Å²) in [6, 6.07) is 5.23. The number of hydrogen-bond acceptors (Lipinski definition) is 8. The van der Waals surface area contributed by atoms with E-state index in [1.807, 2.05) is 26.8 Å². The Bertz CT molecular complexity index is 1190. The fourth-order valence-electron chi connectivity index (χ4n) is 3.21. The Kier molecular flexibility index (Phi) is 7.11. The van der Waals surface area contributed by atoms with E-state index in [4.69, 9.17) is 4.74 Å². The summed E-state index contributed by atoms with van der Waals surface area (Å²) < 4.78 is 20.4. The average Bonchev–Trinajstić information content (AvgIpc) is 3.70. The Balaban J connectivity index is 1.48. The number of hydrogen-bond donors (Lipinski definition) is 2. The van der Waals surface area contributed by atoms with Crippen LogP contribution >= 0.6 is 0 Å². The van der Waals surface area contributed by atoms with Gasteiger partial charge in [-0.2, -0.15) is 0 Å². The Morgan fingerprint density at radius 3 is 2.65 bits per heavy atom. The van der Waals surface area contributed by atoms with E-state index in [-0.39, 0.29) is 17.1 Å². The van der Waals surface area contributed by atoms with Crippen LogP contribution in [0.5, 0.6) is 5.88 Å². The van der Waals surface area contributed by atoms with Crippen molar-refractivity contribution >= 4 is 28.7 Å². The molecule has 1 saturated carbocycles. The van der Waals surface area contributed by atoms with Crippen molar-refractivity contribution in [1.29, 1.82) is 0 Å². The van der Waals surface area contributed by atoms with E-state index in [9.17, 15) is 9.00 Å². The van der Waals surface area contributed by atoms with Gasteiger partial charge in [-0.3, -0.25) is 14.5 Å². The Morgan fingerprint density at radius 2 is 1.97 bits per heavy atom. The zero-order chi connectivity index (χ0) is 24.1. The predicted octanol–water partition coefficient (Wildman–Crippen LogP) is 3.27. The number of nitrogens with one attached hydrogen (secondary N) is 2. The van der Waals surface area contributed by atoms with Crippen LogP contribution in [0.1, 0.15) is 45.7 Å². The first-order valence-corrected chi connectivity index (χ1v) is 12.4. The van der Waals surface area contributed by atoms with E-state index in [1.165, 1.54) is 0 Å². The summed E-state index contributed by atoms with van der Waals surface area (Å²) in [4.78, 5) is 34.8. The van der Waals surface area contributed by atoms with Gasteiger partial charge in [0.1, 0.15) is 16.8 Å². The third kappa shape index (κ3) is 5.36. The van der Waals surface area contributed by atoms with Crippen LogP contribution < -0.4 is 14.8 Å². The maximum absolute atomic E-state index is 13.3. The van der Waals surface area contributed by atoms with Gasteiger partial charge in [-0.05, 0) is 51.3 Å². The minimum Gasteiger partial charge on any atom is -0.477 e. The molecule has 2 unspecified atom stereocenters. The fourth-order valence-corrected chi connectivity index (χ4v) is 4.22. The van der Waals surface area contributed by atoms with Crippen LogP contribution in [0.3, 0.4) is 0 Å². The van der Waals surface area contributed by atoms with Crippen molar-refractivity contribution < 1.29 is 13.7 Å². The molecule has 34 heavy (non-hydrogen) atoms. The quantitative estimate of drug-likeness (QED) is 0.451. The molecule has 0 aliphatic heterocycles. The first-order chi connectivity index (χ1) is 16.4. The van der Waals surface area contributed by atoms with Crippen LogP contribution in [-0.4, -0.2) is 46.9 Å². The summed E-state index contributed by atoms with van der Waals surface area (Å²) in [6.07, 6.45) is 8.74. The molecule has 10 nitrogen and oxygen atoms in total. The van der Waals surface area contributed by atoms with Crippen molar-refractivity contribution in [2.24, 2.45) is 0 Å². The van der Waals surface area contributed by atoms with Gasteiger partial charge in [0.05, 0.1) is 41.1 Å². The second-order valence-corrected chi connectivity index (χ2v) is 9.58. The van der Waals surface area contributed by atoms with E-state index in [0.29, 0.717) is 36.1 Å². The summed E-state index contributed by atoms with van der Waals surface area (Å²) in [5.74, 6) is 0.856. The zero-order valence-corrected chi connectivity index (χ0v) is 20.1. The highest BCUT2D eigenvalue weighted by Gasteiger charge is 2.36. The number of ether oxygens (including phenoxy) is 1. The normalized spacial score (nSPS) is 15.7. The van der Waals surface area contributed by atoms with Gasteiger partial charge < -0.3 is 10.1 Å². The van der Waals surface area contributed by atoms with Crippen LogP contribution in [0.15, 0.2) is 43.0 Å². The first-order valence-electron chi connectivity index (χ1n) is 11.2. The van der Waals surface area contributed by atoms with E-state index in [2.05, 4.69) is 35.0 Å². The molecule has 4 rings (SSSR count). The molecule has 0 aromatic carbocycles. The van der Waals surface area contributed by atoms with Crippen molar-refractivity contribution in [3.05, 3.63) is 48.7 Å². The van der Waals surface area contributed by atoms with Crippen molar-refractivity contribution in [2.45, 2.75) is 50.7 Å². The Hall–Kier alpha value is -3.47. The molecule has 2 N–H and O–H groups in total. The van der Waals surface area contributed by atoms with Crippen LogP contribution in [0, 0.1) is 0 Å². The maximum Gasteiger partial charge on any atom is 0.237 e. The minimum atomic E-state index is -1.21. The molecular weight excluding hydrogens is 454 g/mol. The third-order valence-corrected chi connectivity index (χ3v) is 7.11. The number of carbonyl (C=O) groups is 1. The van der Waals surface area contributed by atoms with Gasteiger partial charge in [-0.15, -0.1) is 0 Å². The summed E-state index contributed by atoms with van der Waals surface area (Å²) in [5.41, 5.74) is 0.982. The lowest BCUT2D eigenvalue weighted by Gasteiger charge is -2.26. The Morgan fingerprint density at radius 1 is 1.15 bits per heavy atom. The molecular formula is C23H27N7O3S. The number of aromatic nitrogens is 5. The number of rotatable bonds is 10. The number of nitrogens with zero attached hydrogens (tertiary/aromatic N) is 5. The van der Waals surface area contributed by atoms with Gasteiger partial charge in [0.25, 0.3) is 0 Å². The monoisotopic (exact) mass is 481 g/mol. The largest absolute Gasteiger partial charge is 0.477 e. The highest BCUT2D eigenvalue weighted by atomic mass is 32.2. The molecule has 3 heterocycles. The minimum absolute atomic E-state index is 0.148. The summed E-state index contributed by atoms with van der Waals surface area (Å²) in [5, 5.41) is 3.03. The van der Waals surface area contributed by atoms with Crippen molar-refractivity contribution in [3.8, 4) is 17.1 Å². The second kappa shape index (κ2) is 10.2. The highest BCUT2D eigenvalue weighted by molar-refractivity contribution is 7.87. The lowest BCUT2D eigenvalue weighted by Crippen LogP contribution is -2.38. The maximum atomic E-state index is 13.3. The van der Waals surface area contributed by atoms with E-state index in [1.54, 1.807) is 36.9 Å². The van der Waals surface area contributed by atoms with Crippen LogP contribution in [-0.2, 0) is 21.2 Å². The number of pyridine rings is 1.